The van der Waals surface area contributed by atoms with Crippen LogP contribution in [0.25, 0.3) is 0 Å². The van der Waals surface area contributed by atoms with Crippen molar-refractivity contribution < 1.29 is 9.53 Å². The zero-order valence-electron chi connectivity index (χ0n) is 14.3. The second kappa shape index (κ2) is 9.46. The Balaban J connectivity index is 2.33. The molecule has 1 unspecified atom stereocenters. The number of rotatable bonds is 9. The van der Waals surface area contributed by atoms with Crippen molar-refractivity contribution in [2.45, 2.75) is 52.0 Å². The second-order valence-corrected chi connectivity index (χ2v) is 6.31. The second-order valence-electron chi connectivity index (χ2n) is 6.31. The Morgan fingerprint density at radius 3 is 2.59 bits per heavy atom. The van der Waals surface area contributed by atoms with Crippen LogP contribution in [0.1, 0.15) is 46.1 Å². The first kappa shape index (κ1) is 18.5. The Bertz CT molecular complexity index is 432. The number of carbonyl (C=O) groups is 1. The first-order valence-electron chi connectivity index (χ1n) is 8.13. The van der Waals surface area contributed by atoms with Crippen LogP contribution in [0.4, 0.5) is 4.79 Å². The Hall–Kier alpha value is -1.55. The summed E-state index contributed by atoms with van der Waals surface area (Å²) in [5, 5.41) is 5.87. The van der Waals surface area contributed by atoms with Crippen LogP contribution in [0.2, 0.25) is 0 Å². The fourth-order valence-corrected chi connectivity index (χ4v) is 2.62. The van der Waals surface area contributed by atoms with E-state index < -0.39 is 0 Å². The predicted molar refractivity (Wildman–Crippen MR) is 91.2 cm³/mol. The van der Waals surface area contributed by atoms with Gasteiger partial charge in [0.05, 0.1) is 0 Å². The summed E-state index contributed by atoms with van der Waals surface area (Å²) in [6.45, 7) is 10.5. The summed E-state index contributed by atoms with van der Waals surface area (Å²) < 4.78 is 5.24. The number of carbonyl (C=O) groups excluding carboxylic acids is 1. The minimum atomic E-state index is -0.104. The van der Waals surface area contributed by atoms with Gasteiger partial charge in [0.2, 0.25) is 0 Å². The number of hydrogen-bond donors (Lipinski definition) is 2. The van der Waals surface area contributed by atoms with E-state index in [2.05, 4.69) is 48.7 Å². The van der Waals surface area contributed by atoms with E-state index in [9.17, 15) is 4.79 Å². The molecule has 4 nitrogen and oxygen atoms in total. The normalized spacial score (nSPS) is 12.7. The van der Waals surface area contributed by atoms with Gasteiger partial charge in [0.1, 0.15) is 0 Å². The lowest BCUT2D eigenvalue weighted by Crippen LogP contribution is -2.43. The highest BCUT2D eigenvalue weighted by atomic mass is 16.5. The van der Waals surface area contributed by atoms with E-state index in [0.717, 1.165) is 19.4 Å². The van der Waals surface area contributed by atoms with Gasteiger partial charge in [0.15, 0.2) is 0 Å². The third-order valence-electron chi connectivity index (χ3n) is 3.70. The zero-order valence-corrected chi connectivity index (χ0v) is 14.3. The van der Waals surface area contributed by atoms with Crippen molar-refractivity contribution in [2.75, 3.05) is 19.8 Å². The zero-order chi connectivity index (χ0) is 16.4. The number of hydrogen-bond acceptors (Lipinski definition) is 2. The van der Waals surface area contributed by atoms with Crippen molar-refractivity contribution in [1.82, 2.24) is 10.6 Å². The number of urea groups is 1. The van der Waals surface area contributed by atoms with Crippen molar-refractivity contribution >= 4 is 6.03 Å². The molecule has 0 fully saturated rings. The highest BCUT2D eigenvalue weighted by Crippen LogP contribution is 2.27. The summed E-state index contributed by atoms with van der Waals surface area (Å²) in [5.41, 5.74) is 1.32. The van der Waals surface area contributed by atoms with Gasteiger partial charge in [-0.15, -0.1) is 0 Å². The average molecular weight is 306 g/mol. The van der Waals surface area contributed by atoms with Crippen molar-refractivity contribution in [3.05, 3.63) is 35.9 Å². The Kier molecular flexibility index (Phi) is 7.96. The maximum Gasteiger partial charge on any atom is 0.314 e. The molecule has 2 N–H and O–H groups in total. The Morgan fingerprint density at radius 2 is 1.95 bits per heavy atom. The molecule has 0 bridgehead atoms. The third kappa shape index (κ3) is 6.94. The minimum absolute atomic E-state index is 0.0307. The monoisotopic (exact) mass is 306 g/mol. The minimum Gasteiger partial charge on any atom is -0.382 e. The van der Waals surface area contributed by atoms with Gasteiger partial charge in [-0.1, -0.05) is 44.2 Å². The summed E-state index contributed by atoms with van der Waals surface area (Å²) in [4.78, 5) is 11.8. The molecule has 0 aliphatic carbocycles. The van der Waals surface area contributed by atoms with Gasteiger partial charge in [-0.2, -0.15) is 0 Å². The third-order valence-corrected chi connectivity index (χ3v) is 3.70. The molecule has 1 rings (SSSR count). The van der Waals surface area contributed by atoms with Crippen LogP contribution in [0.15, 0.2) is 30.3 Å². The quantitative estimate of drug-likeness (QED) is 0.686. The van der Waals surface area contributed by atoms with Crippen LogP contribution in [0, 0.1) is 0 Å². The molecule has 1 aromatic carbocycles. The molecule has 124 valence electrons. The molecule has 0 radical (unpaired) electrons. The van der Waals surface area contributed by atoms with Crippen molar-refractivity contribution in [1.29, 1.82) is 0 Å². The summed E-state index contributed by atoms with van der Waals surface area (Å²) in [5.74, 6) is 0. The number of ether oxygens (including phenoxy) is 1. The fraction of sp³-hybridized carbons (Fsp3) is 0.611. The lowest BCUT2D eigenvalue weighted by Gasteiger charge is -2.29. The molecule has 0 spiro atoms. The summed E-state index contributed by atoms with van der Waals surface area (Å²) >= 11 is 0. The van der Waals surface area contributed by atoms with Gasteiger partial charge in [-0.3, -0.25) is 0 Å². The Morgan fingerprint density at radius 1 is 1.27 bits per heavy atom. The lowest BCUT2D eigenvalue weighted by atomic mass is 9.79. The van der Waals surface area contributed by atoms with Crippen LogP contribution < -0.4 is 10.6 Å². The molecule has 0 saturated heterocycles. The van der Waals surface area contributed by atoms with Gasteiger partial charge in [-0.05, 0) is 37.7 Å². The topological polar surface area (TPSA) is 50.4 Å². The first-order valence-corrected chi connectivity index (χ1v) is 8.13. The standard InChI is InChI=1S/C18H30N2O2/c1-5-22-13-9-12-19-17(21)20-15(2)14-18(3,4)16-10-7-6-8-11-16/h6-8,10-11,15H,5,9,12-14H2,1-4H3,(H2,19,20,21). The largest absolute Gasteiger partial charge is 0.382 e. The van der Waals surface area contributed by atoms with E-state index in [-0.39, 0.29) is 17.5 Å². The Labute approximate surface area is 134 Å². The molecule has 0 heterocycles. The van der Waals surface area contributed by atoms with Gasteiger partial charge < -0.3 is 15.4 Å². The summed E-state index contributed by atoms with van der Waals surface area (Å²) in [7, 11) is 0. The van der Waals surface area contributed by atoms with Gasteiger partial charge >= 0.3 is 6.03 Å². The van der Waals surface area contributed by atoms with E-state index in [1.54, 1.807) is 0 Å². The molecule has 1 aromatic rings. The highest BCUT2D eigenvalue weighted by molar-refractivity contribution is 5.74. The van der Waals surface area contributed by atoms with Gasteiger partial charge in [0, 0.05) is 25.8 Å². The van der Waals surface area contributed by atoms with E-state index in [4.69, 9.17) is 4.74 Å². The van der Waals surface area contributed by atoms with Crippen LogP contribution >= 0.6 is 0 Å². The summed E-state index contributed by atoms with van der Waals surface area (Å²) in [6, 6.07) is 10.4. The summed E-state index contributed by atoms with van der Waals surface area (Å²) in [6.07, 6.45) is 1.73. The predicted octanol–water partition coefficient (Wildman–Crippen LogP) is 3.47. The number of nitrogens with one attached hydrogen (secondary N) is 2. The van der Waals surface area contributed by atoms with Gasteiger partial charge in [-0.25, -0.2) is 4.79 Å². The molecule has 4 heteroatoms. The SMILES string of the molecule is CCOCCCNC(=O)NC(C)CC(C)(C)c1ccccc1. The number of amides is 2. The molecular formula is C18H30N2O2. The lowest BCUT2D eigenvalue weighted by molar-refractivity contribution is 0.145. The fourth-order valence-electron chi connectivity index (χ4n) is 2.62. The van der Waals surface area contributed by atoms with Crippen LogP contribution in [-0.4, -0.2) is 31.8 Å². The smallest absolute Gasteiger partial charge is 0.314 e. The first-order chi connectivity index (χ1) is 10.5. The van der Waals surface area contributed by atoms with Crippen LogP contribution in [-0.2, 0) is 10.2 Å². The number of benzene rings is 1. The molecule has 0 saturated carbocycles. The average Bonchev–Trinajstić information content (AvgIpc) is 2.47. The van der Waals surface area contributed by atoms with E-state index in [0.29, 0.717) is 13.2 Å². The maximum absolute atomic E-state index is 11.8. The molecule has 0 aliphatic heterocycles. The molecule has 0 aromatic heterocycles. The van der Waals surface area contributed by atoms with Crippen molar-refractivity contribution in [3.8, 4) is 0 Å². The maximum atomic E-state index is 11.8. The van der Waals surface area contributed by atoms with Crippen LogP contribution in [0.3, 0.4) is 0 Å². The molecular weight excluding hydrogens is 276 g/mol. The van der Waals surface area contributed by atoms with E-state index >= 15 is 0 Å². The molecule has 22 heavy (non-hydrogen) atoms. The van der Waals surface area contributed by atoms with Crippen molar-refractivity contribution in [3.63, 3.8) is 0 Å². The van der Waals surface area contributed by atoms with Crippen molar-refractivity contribution in [2.24, 2.45) is 0 Å². The van der Waals surface area contributed by atoms with E-state index in [1.165, 1.54) is 5.56 Å². The highest BCUT2D eigenvalue weighted by Gasteiger charge is 2.23. The molecule has 0 aliphatic rings. The molecule has 1 atom stereocenters. The van der Waals surface area contributed by atoms with E-state index in [1.807, 2.05) is 19.9 Å². The van der Waals surface area contributed by atoms with Crippen LogP contribution in [0.5, 0.6) is 0 Å². The van der Waals surface area contributed by atoms with Gasteiger partial charge in [0.25, 0.3) is 0 Å². The molecule has 2 amide bonds.